The molecular weight excluding hydrogens is 355 g/mol. The van der Waals surface area contributed by atoms with Crippen LogP contribution in [0.5, 0.6) is 0 Å². The average molecular weight is 376 g/mol. The first kappa shape index (κ1) is 19.1. The maximum atomic E-state index is 12.0. The van der Waals surface area contributed by atoms with Crippen molar-refractivity contribution in [1.29, 1.82) is 0 Å². The van der Waals surface area contributed by atoms with Crippen LogP contribution in [-0.4, -0.2) is 45.4 Å². The summed E-state index contributed by atoms with van der Waals surface area (Å²) >= 11 is 11.3. The summed E-state index contributed by atoms with van der Waals surface area (Å²) < 4.78 is 34.6. The highest BCUT2D eigenvalue weighted by atomic mass is 35.5. The van der Waals surface area contributed by atoms with Crippen molar-refractivity contribution in [2.24, 2.45) is 5.10 Å². The molecule has 0 aliphatic carbocycles. The van der Waals surface area contributed by atoms with Crippen molar-refractivity contribution in [3.8, 4) is 0 Å². The number of rotatable bonds is 7. The minimum atomic E-state index is -3.51. The van der Waals surface area contributed by atoms with E-state index in [1.54, 1.807) is 7.05 Å². The van der Waals surface area contributed by atoms with Crippen LogP contribution in [0.15, 0.2) is 15.2 Å². The van der Waals surface area contributed by atoms with Crippen molar-refractivity contribution in [2.45, 2.75) is 26.7 Å². The average Bonchev–Trinajstić information content (AvgIpc) is 2.58. The van der Waals surface area contributed by atoms with E-state index >= 15 is 0 Å². The number of nitrogens with zero attached hydrogens (tertiary/aromatic N) is 2. The molecule has 0 spiro atoms. The molecule has 1 aliphatic heterocycles. The van der Waals surface area contributed by atoms with Gasteiger partial charge in [-0.3, -0.25) is 0 Å². The fraction of sp³-hybridized carbons (Fsp3) is 0.727. The van der Waals surface area contributed by atoms with E-state index in [1.807, 2.05) is 13.8 Å². The highest BCUT2D eigenvalue weighted by Gasteiger charge is 2.46. The summed E-state index contributed by atoms with van der Waals surface area (Å²) in [6, 6.07) is 0. The second kappa shape index (κ2) is 7.53. The number of sulfone groups is 1. The van der Waals surface area contributed by atoms with Crippen LogP contribution in [0.1, 0.15) is 26.7 Å². The summed E-state index contributed by atoms with van der Waals surface area (Å²) in [6.07, 6.45) is 2.68. The van der Waals surface area contributed by atoms with Crippen LogP contribution in [0.2, 0.25) is 0 Å². The van der Waals surface area contributed by atoms with Gasteiger partial charge >= 0.3 is 0 Å². The van der Waals surface area contributed by atoms with E-state index in [2.05, 4.69) is 5.10 Å². The minimum absolute atomic E-state index is 0.000832. The third-order valence-electron chi connectivity index (χ3n) is 2.74. The highest BCUT2D eigenvalue weighted by molar-refractivity contribution is 8.00. The third-order valence-corrected chi connectivity index (χ3v) is 5.89. The van der Waals surface area contributed by atoms with Gasteiger partial charge in [-0.2, -0.15) is 4.59 Å². The first-order valence-corrected chi connectivity index (χ1v) is 11.3. The monoisotopic (exact) mass is 375 g/mol. The fourth-order valence-corrected chi connectivity index (χ4v) is 5.28. The quantitative estimate of drug-likeness (QED) is 0.505. The summed E-state index contributed by atoms with van der Waals surface area (Å²) in [4.78, 5) is 0. The van der Waals surface area contributed by atoms with E-state index in [1.165, 1.54) is 0 Å². The molecule has 2 atom stereocenters. The zero-order valence-corrected chi connectivity index (χ0v) is 15.9. The molecule has 21 heavy (non-hydrogen) atoms. The summed E-state index contributed by atoms with van der Waals surface area (Å²) in [5.41, 5.74) is 0. The Balaban J connectivity index is 3.11. The molecule has 122 valence electrons. The predicted molar refractivity (Wildman–Crippen MR) is 89.5 cm³/mol. The number of hydrogen-bond donors (Lipinski definition) is 0. The lowest BCUT2D eigenvalue weighted by Crippen LogP contribution is -2.39. The van der Waals surface area contributed by atoms with Crippen molar-refractivity contribution in [1.82, 2.24) is 0 Å². The molecule has 1 aliphatic rings. The Morgan fingerprint density at radius 1 is 1.38 bits per heavy atom. The molecule has 0 aromatic heterocycles. The Morgan fingerprint density at radius 2 is 2.00 bits per heavy atom. The smallest absolute Gasteiger partial charge is 0.298 e. The topological polar surface area (TPSA) is 65.0 Å². The van der Waals surface area contributed by atoms with Gasteiger partial charge in [0, 0.05) is 6.26 Å². The van der Waals surface area contributed by atoms with Gasteiger partial charge in [0.05, 0.1) is 13.7 Å². The maximum absolute atomic E-state index is 12.0. The van der Waals surface area contributed by atoms with Gasteiger partial charge in [-0.05, 0) is 29.7 Å². The lowest BCUT2D eigenvalue weighted by atomic mass is 10.4. The molecule has 0 saturated carbocycles. The molecule has 10 heteroatoms. The minimum Gasteiger partial charge on any atom is -0.422 e. The highest BCUT2D eigenvalue weighted by Crippen LogP contribution is 2.38. The molecule has 2 unspecified atom stereocenters. The summed E-state index contributed by atoms with van der Waals surface area (Å²) in [7, 11) is -3.79. The van der Waals surface area contributed by atoms with Crippen molar-refractivity contribution < 1.29 is 22.1 Å². The van der Waals surface area contributed by atoms with Crippen molar-refractivity contribution in [2.75, 3.05) is 26.5 Å². The normalized spacial score (nSPS) is 24.1. The fourth-order valence-electron chi connectivity index (χ4n) is 2.06. The second-order valence-corrected chi connectivity index (χ2v) is 9.16. The summed E-state index contributed by atoms with van der Waals surface area (Å²) in [5.74, 6) is 0.0630. The Bertz CT molecular complexity index is 591. The molecule has 0 aromatic carbocycles. The lowest BCUT2D eigenvalue weighted by molar-refractivity contribution is -0.870. The summed E-state index contributed by atoms with van der Waals surface area (Å²) in [5, 5.41) is 4.36. The molecule has 1 rings (SSSR count). The first-order valence-electron chi connectivity index (χ1n) is 6.56. The zero-order valence-electron chi connectivity index (χ0n) is 12.6. The van der Waals surface area contributed by atoms with E-state index in [0.717, 1.165) is 19.1 Å². The Kier molecular flexibility index (Phi) is 6.83. The predicted octanol–water partition coefficient (Wildman–Crippen LogP) is 2.57. The molecule has 0 amide bonds. The Hall–Kier alpha value is 0.0200. The van der Waals surface area contributed by atoms with Crippen LogP contribution < -0.4 is 0 Å². The van der Waals surface area contributed by atoms with E-state index < -0.39 is 17.0 Å². The van der Waals surface area contributed by atoms with Crippen molar-refractivity contribution >= 4 is 46.3 Å². The molecule has 1 heterocycles. The largest absolute Gasteiger partial charge is 0.422 e. The van der Waals surface area contributed by atoms with Gasteiger partial charge in [-0.1, -0.05) is 25.4 Å². The van der Waals surface area contributed by atoms with E-state index in [0.29, 0.717) is 13.2 Å². The van der Waals surface area contributed by atoms with Gasteiger partial charge < -0.3 is 9.05 Å². The molecule has 0 radical (unpaired) electrons. The van der Waals surface area contributed by atoms with Gasteiger partial charge in [0.25, 0.3) is 10.9 Å². The van der Waals surface area contributed by atoms with Gasteiger partial charge in [0.15, 0.2) is 5.03 Å². The van der Waals surface area contributed by atoms with Gasteiger partial charge in [-0.15, -0.1) is 0 Å². The lowest BCUT2D eigenvalue weighted by Gasteiger charge is -2.23. The van der Waals surface area contributed by atoms with Crippen LogP contribution in [0.3, 0.4) is 0 Å². The molecule has 0 aromatic rings. The number of quaternary nitrogens is 1. The summed E-state index contributed by atoms with van der Waals surface area (Å²) in [6.45, 7) is 4.90. The molecule has 0 saturated heterocycles. The van der Waals surface area contributed by atoms with E-state index in [-0.39, 0.29) is 20.6 Å². The number of halogens is 1. The zero-order chi connectivity index (χ0) is 16.3. The third kappa shape index (κ3) is 4.74. The SMILES string of the molecule is CCCO[PH](=S)OC1=N[N+](C)(CCC)C(S(C)(=O)=O)=C1Cl. The van der Waals surface area contributed by atoms with Gasteiger partial charge in [0.1, 0.15) is 6.54 Å². The van der Waals surface area contributed by atoms with Gasteiger partial charge in [-0.25, -0.2) is 8.42 Å². The second-order valence-electron chi connectivity index (χ2n) is 4.86. The van der Waals surface area contributed by atoms with Crippen molar-refractivity contribution in [3.63, 3.8) is 0 Å². The molecule has 0 N–H and O–H groups in total. The molecule has 0 bridgehead atoms. The van der Waals surface area contributed by atoms with Crippen LogP contribution in [0, 0.1) is 0 Å². The van der Waals surface area contributed by atoms with Crippen LogP contribution in [-0.2, 0) is 30.7 Å². The Morgan fingerprint density at radius 3 is 2.48 bits per heavy atom. The number of hydrogen-bond acceptors (Lipinski definition) is 6. The van der Waals surface area contributed by atoms with Crippen LogP contribution >= 0.6 is 18.8 Å². The van der Waals surface area contributed by atoms with Crippen LogP contribution in [0.4, 0.5) is 0 Å². The van der Waals surface area contributed by atoms with E-state index in [4.69, 9.17) is 32.5 Å². The first-order chi connectivity index (χ1) is 9.65. The molecule has 0 fully saturated rings. The molecular formula is C11H21ClN2O4PS2+. The Labute approximate surface area is 136 Å². The van der Waals surface area contributed by atoms with Gasteiger partial charge in [0.2, 0.25) is 17.0 Å². The molecule has 6 nitrogen and oxygen atoms in total. The van der Waals surface area contributed by atoms with Crippen molar-refractivity contribution in [3.05, 3.63) is 10.1 Å². The maximum Gasteiger partial charge on any atom is 0.298 e. The van der Waals surface area contributed by atoms with E-state index in [9.17, 15) is 8.42 Å². The standard InChI is InChI=1S/C11H21ClN2O4PS2/c1-5-7-14(3)11(21(4,15)16)9(12)10(13-14)18-19(20)17-8-6-2/h19H,5-8H2,1-4H3/q+1. The van der Waals surface area contributed by atoms with Crippen LogP contribution in [0.25, 0.3) is 0 Å².